The standard InChI is InChI=1S/C16H28N2O5S/c1-4-9(2)14(24)11(19)8-12(23-3)13(17)15(20)18-7-5-6-10(18)16(21)22/h9-10,12-14,24H,4-8,17H2,1-3H3,(H,21,22)/t9?,10-,12?,13?,14?/m0/s1. The number of rotatable bonds is 9. The minimum Gasteiger partial charge on any atom is -0.480 e. The van der Waals surface area contributed by atoms with E-state index in [0.717, 1.165) is 6.42 Å². The molecule has 3 N–H and O–H groups in total. The van der Waals surface area contributed by atoms with E-state index >= 15 is 0 Å². The third-order valence-corrected chi connectivity index (χ3v) is 5.52. The maximum atomic E-state index is 12.5. The fourth-order valence-corrected chi connectivity index (χ4v) is 3.17. The van der Waals surface area contributed by atoms with Crippen molar-refractivity contribution >= 4 is 30.3 Å². The number of nitrogens with zero attached hydrogens (tertiary/aromatic N) is 1. The number of carboxylic acids is 1. The molecule has 5 atom stereocenters. The van der Waals surface area contributed by atoms with Gasteiger partial charge in [0, 0.05) is 20.1 Å². The van der Waals surface area contributed by atoms with Crippen LogP contribution in [0.1, 0.15) is 39.5 Å². The number of carbonyl (C=O) groups excluding carboxylic acids is 2. The van der Waals surface area contributed by atoms with Gasteiger partial charge in [0.25, 0.3) is 0 Å². The lowest BCUT2D eigenvalue weighted by atomic mass is 9.95. The molecule has 0 radical (unpaired) electrons. The lowest BCUT2D eigenvalue weighted by molar-refractivity contribution is -0.150. The zero-order valence-electron chi connectivity index (χ0n) is 14.5. The molecule has 0 bridgehead atoms. The molecule has 24 heavy (non-hydrogen) atoms. The summed E-state index contributed by atoms with van der Waals surface area (Å²) in [6, 6.07) is -1.93. The van der Waals surface area contributed by atoms with Gasteiger partial charge in [0.1, 0.15) is 17.9 Å². The van der Waals surface area contributed by atoms with E-state index < -0.39 is 35.3 Å². The average molecular weight is 360 g/mol. The Hall–Kier alpha value is -1.12. The molecule has 8 heteroatoms. The Kier molecular flexibility index (Phi) is 8.18. The molecule has 1 amide bonds. The first kappa shape index (κ1) is 20.9. The highest BCUT2D eigenvalue weighted by molar-refractivity contribution is 7.81. The van der Waals surface area contributed by atoms with E-state index in [9.17, 15) is 19.5 Å². The molecule has 1 fully saturated rings. The molecule has 0 aliphatic carbocycles. The SMILES string of the molecule is CCC(C)C(S)C(=O)CC(OC)C(N)C(=O)N1CCC[C@H]1C(=O)O. The van der Waals surface area contributed by atoms with E-state index in [2.05, 4.69) is 12.6 Å². The number of methoxy groups -OCH3 is 1. The summed E-state index contributed by atoms with van der Waals surface area (Å²) in [5.41, 5.74) is 5.98. The van der Waals surface area contributed by atoms with Crippen molar-refractivity contribution in [2.75, 3.05) is 13.7 Å². The molecule has 0 aromatic rings. The van der Waals surface area contributed by atoms with Gasteiger partial charge in [-0.15, -0.1) is 0 Å². The molecule has 0 aromatic heterocycles. The number of ketones is 1. The van der Waals surface area contributed by atoms with Crippen molar-refractivity contribution in [2.24, 2.45) is 11.7 Å². The van der Waals surface area contributed by atoms with Gasteiger partial charge in [-0.25, -0.2) is 4.79 Å². The Morgan fingerprint density at radius 3 is 2.54 bits per heavy atom. The van der Waals surface area contributed by atoms with Crippen LogP contribution in [-0.2, 0) is 19.1 Å². The maximum absolute atomic E-state index is 12.5. The summed E-state index contributed by atoms with van der Waals surface area (Å²) < 4.78 is 5.25. The number of aliphatic carboxylic acids is 1. The van der Waals surface area contributed by atoms with Gasteiger partial charge >= 0.3 is 5.97 Å². The molecule has 1 heterocycles. The second-order valence-corrected chi connectivity index (χ2v) is 6.88. The van der Waals surface area contributed by atoms with Crippen molar-refractivity contribution in [3.8, 4) is 0 Å². The van der Waals surface area contributed by atoms with Gasteiger partial charge in [-0.2, -0.15) is 12.6 Å². The van der Waals surface area contributed by atoms with E-state index in [-0.39, 0.29) is 18.1 Å². The first-order chi connectivity index (χ1) is 11.2. The van der Waals surface area contributed by atoms with Crippen LogP contribution in [0.2, 0.25) is 0 Å². The predicted octanol–water partition coefficient (Wildman–Crippen LogP) is 0.708. The Labute approximate surface area is 148 Å². The van der Waals surface area contributed by atoms with Crippen LogP contribution in [-0.4, -0.2) is 64.8 Å². The number of thiol groups is 1. The summed E-state index contributed by atoms with van der Waals surface area (Å²) in [6.45, 7) is 4.27. The van der Waals surface area contributed by atoms with Gasteiger partial charge in [-0.05, 0) is 18.8 Å². The topological polar surface area (TPSA) is 110 Å². The molecule has 4 unspecified atom stereocenters. The van der Waals surface area contributed by atoms with Crippen LogP contribution in [0.4, 0.5) is 0 Å². The summed E-state index contributed by atoms with van der Waals surface area (Å²) in [4.78, 5) is 37.3. The lowest BCUT2D eigenvalue weighted by Crippen LogP contribution is -2.54. The van der Waals surface area contributed by atoms with Crippen molar-refractivity contribution in [2.45, 2.75) is 63.0 Å². The number of hydrogen-bond acceptors (Lipinski definition) is 6. The molecule has 0 saturated carbocycles. The highest BCUT2D eigenvalue weighted by atomic mass is 32.1. The maximum Gasteiger partial charge on any atom is 0.326 e. The molecule has 1 aliphatic rings. The minimum atomic E-state index is -1.07. The lowest BCUT2D eigenvalue weighted by Gasteiger charge is -2.29. The minimum absolute atomic E-state index is 0.0203. The first-order valence-electron chi connectivity index (χ1n) is 8.26. The van der Waals surface area contributed by atoms with Gasteiger partial charge in [-0.1, -0.05) is 20.3 Å². The first-order valence-corrected chi connectivity index (χ1v) is 8.78. The molecule has 1 rings (SSSR count). The van der Waals surface area contributed by atoms with Crippen molar-refractivity contribution in [1.82, 2.24) is 4.90 Å². The summed E-state index contributed by atoms with van der Waals surface area (Å²) in [5, 5.41) is 8.75. The van der Waals surface area contributed by atoms with E-state index in [1.165, 1.54) is 12.0 Å². The predicted molar refractivity (Wildman–Crippen MR) is 93.0 cm³/mol. The van der Waals surface area contributed by atoms with Crippen LogP contribution in [0.25, 0.3) is 0 Å². The molecule has 1 saturated heterocycles. The number of carboxylic acid groups (broad SMARTS) is 1. The zero-order valence-corrected chi connectivity index (χ0v) is 15.4. The number of likely N-dealkylation sites (tertiary alicyclic amines) is 1. The molecule has 0 aromatic carbocycles. The van der Waals surface area contributed by atoms with E-state index in [1.807, 2.05) is 13.8 Å². The van der Waals surface area contributed by atoms with Crippen LogP contribution in [0, 0.1) is 5.92 Å². The van der Waals surface area contributed by atoms with Crippen LogP contribution in [0.3, 0.4) is 0 Å². The van der Waals surface area contributed by atoms with Crippen LogP contribution in [0.5, 0.6) is 0 Å². The van der Waals surface area contributed by atoms with Crippen LogP contribution >= 0.6 is 12.6 Å². The van der Waals surface area contributed by atoms with Crippen molar-refractivity contribution < 1.29 is 24.2 Å². The Morgan fingerprint density at radius 1 is 1.42 bits per heavy atom. The van der Waals surface area contributed by atoms with Gasteiger partial charge in [0.15, 0.2) is 0 Å². The Bertz CT molecular complexity index is 473. The molecular weight excluding hydrogens is 332 g/mol. The second kappa shape index (κ2) is 9.39. The molecule has 0 spiro atoms. The number of amides is 1. The Balaban J connectivity index is 2.75. The number of nitrogens with two attached hydrogens (primary N) is 1. The number of hydrogen-bond donors (Lipinski definition) is 3. The quantitative estimate of drug-likeness (QED) is 0.522. The smallest absolute Gasteiger partial charge is 0.326 e. The van der Waals surface area contributed by atoms with Gasteiger partial charge in [0.2, 0.25) is 5.91 Å². The molecule has 7 nitrogen and oxygen atoms in total. The van der Waals surface area contributed by atoms with Gasteiger partial charge in [0.05, 0.1) is 11.4 Å². The zero-order chi connectivity index (χ0) is 18.4. The molecule has 1 aliphatic heterocycles. The summed E-state index contributed by atoms with van der Waals surface area (Å²) in [6.07, 6.45) is 1.04. The largest absolute Gasteiger partial charge is 0.480 e. The summed E-state index contributed by atoms with van der Waals surface area (Å²) in [7, 11) is 1.39. The van der Waals surface area contributed by atoms with Crippen molar-refractivity contribution in [3.63, 3.8) is 0 Å². The van der Waals surface area contributed by atoms with Crippen molar-refractivity contribution in [1.29, 1.82) is 0 Å². The number of ether oxygens (including phenoxy) is 1. The molecule has 138 valence electrons. The normalized spacial score (nSPS) is 22.7. The highest BCUT2D eigenvalue weighted by Gasteiger charge is 2.39. The fraction of sp³-hybridized carbons (Fsp3) is 0.812. The van der Waals surface area contributed by atoms with Crippen LogP contribution in [0.15, 0.2) is 0 Å². The number of Topliss-reactive ketones (excluding diaryl/α,β-unsaturated/α-hetero) is 1. The second-order valence-electron chi connectivity index (χ2n) is 6.33. The third-order valence-electron chi connectivity index (χ3n) is 4.72. The van der Waals surface area contributed by atoms with Crippen molar-refractivity contribution in [3.05, 3.63) is 0 Å². The fourth-order valence-electron chi connectivity index (χ4n) is 2.85. The average Bonchev–Trinajstić information content (AvgIpc) is 3.06. The molecular formula is C16H28N2O5S. The van der Waals surface area contributed by atoms with Crippen LogP contribution < -0.4 is 5.73 Å². The van der Waals surface area contributed by atoms with E-state index in [4.69, 9.17) is 10.5 Å². The van der Waals surface area contributed by atoms with Gasteiger partial charge < -0.3 is 20.5 Å². The third kappa shape index (κ3) is 4.94. The van der Waals surface area contributed by atoms with E-state index in [1.54, 1.807) is 0 Å². The highest BCUT2D eigenvalue weighted by Crippen LogP contribution is 2.21. The van der Waals surface area contributed by atoms with E-state index in [0.29, 0.717) is 19.4 Å². The van der Waals surface area contributed by atoms with Gasteiger partial charge in [-0.3, -0.25) is 9.59 Å². The monoisotopic (exact) mass is 360 g/mol. The Morgan fingerprint density at radius 2 is 2.04 bits per heavy atom. The summed E-state index contributed by atoms with van der Waals surface area (Å²) >= 11 is 4.34. The number of carbonyl (C=O) groups is 3. The summed E-state index contributed by atoms with van der Waals surface area (Å²) in [5.74, 6) is -1.54.